The minimum atomic E-state index is -4.38. The van der Waals surface area contributed by atoms with Gasteiger partial charge in [0.25, 0.3) is 0 Å². The molecule has 0 fully saturated rings. The zero-order chi connectivity index (χ0) is 13.9. The van der Waals surface area contributed by atoms with Gasteiger partial charge in [-0.3, -0.25) is 4.79 Å². The van der Waals surface area contributed by atoms with Crippen LogP contribution >= 0.6 is 0 Å². The second kappa shape index (κ2) is 5.50. The smallest absolute Gasteiger partial charge is 0.192 e. The zero-order valence-electron chi connectivity index (χ0n) is 10.2. The summed E-state index contributed by atoms with van der Waals surface area (Å²) in [6, 6.07) is 8.61. The van der Waals surface area contributed by atoms with E-state index in [9.17, 15) is 17.8 Å². The van der Waals surface area contributed by atoms with Crippen molar-refractivity contribution in [2.24, 2.45) is 0 Å². The Bertz CT molecular complexity index is 639. The molecule has 1 aliphatic carbocycles. The number of allylic oxidation sites excluding steroid dienone is 3. The summed E-state index contributed by atoms with van der Waals surface area (Å²) in [7, 11) is -4.38. The molecule has 0 radical (unpaired) electrons. The van der Waals surface area contributed by atoms with Gasteiger partial charge in [0.1, 0.15) is 0 Å². The zero-order valence-corrected chi connectivity index (χ0v) is 11.0. The third kappa shape index (κ3) is 3.62. The van der Waals surface area contributed by atoms with E-state index in [2.05, 4.69) is 0 Å². The molecule has 0 spiro atoms. The highest BCUT2D eigenvalue weighted by Crippen LogP contribution is 2.23. The Balaban J connectivity index is 2.30. The molecular weight excluding hydrogens is 264 g/mol. The van der Waals surface area contributed by atoms with Crippen LogP contribution in [0.1, 0.15) is 23.2 Å². The lowest BCUT2D eigenvalue weighted by molar-refractivity contribution is 0.103. The van der Waals surface area contributed by atoms with Gasteiger partial charge in [-0.1, -0.05) is 42.5 Å². The Morgan fingerprint density at radius 3 is 2.37 bits per heavy atom. The minimum Gasteiger partial charge on any atom is -0.748 e. The van der Waals surface area contributed by atoms with Crippen LogP contribution in [-0.4, -0.2) is 24.5 Å². The predicted octanol–water partition coefficient (Wildman–Crippen LogP) is 2.06. The molecule has 0 N–H and O–H groups in total. The molecule has 1 aromatic carbocycles. The molecular formula is C14H13O4S-. The van der Waals surface area contributed by atoms with Gasteiger partial charge in [0.2, 0.25) is 0 Å². The summed E-state index contributed by atoms with van der Waals surface area (Å²) in [5.41, 5.74) is 1.14. The number of ketones is 1. The van der Waals surface area contributed by atoms with Gasteiger partial charge in [-0.2, -0.15) is 0 Å². The van der Waals surface area contributed by atoms with Crippen LogP contribution in [0.15, 0.2) is 53.6 Å². The Morgan fingerprint density at radius 1 is 1.11 bits per heavy atom. The molecule has 0 unspecified atom stereocenters. The fraction of sp³-hybridized carbons (Fsp3) is 0.214. The van der Waals surface area contributed by atoms with Gasteiger partial charge in [0, 0.05) is 11.1 Å². The van der Waals surface area contributed by atoms with Crippen LogP contribution in [0.25, 0.3) is 0 Å². The fourth-order valence-electron chi connectivity index (χ4n) is 2.04. The van der Waals surface area contributed by atoms with Crippen LogP contribution in [-0.2, 0) is 10.1 Å². The highest BCUT2D eigenvalue weighted by atomic mass is 32.2. The predicted molar refractivity (Wildman–Crippen MR) is 70.7 cm³/mol. The monoisotopic (exact) mass is 277 g/mol. The molecule has 100 valence electrons. The topological polar surface area (TPSA) is 74.3 Å². The van der Waals surface area contributed by atoms with Gasteiger partial charge in [0.15, 0.2) is 5.78 Å². The van der Waals surface area contributed by atoms with E-state index in [-0.39, 0.29) is 5.78 Å². The Hall–Kier alpha value is -1.72. The number of carbonyl (C=O) groups excluding carboxylic acids is 1. The summed E-state index contributed by atoms with van der Waals surface area (Å²) in [5, 5.41) is 0. The molecule has 0 amide bonds. The molecule has 2 rings (SSSR count). The molecule has 0 aliphatic heterocycles. The van der Waals surface area contributed by atoms with E-state index in [1.54, 1.807) is 42.5 Å². The van der Waals surface area contributed by atoms with Crippen LogP contribution in [0.5, 0.6) is 0 Å². The van der Waals surface area contributed by atoms with Crippen LogP contribution in [0.3, 0.4) is 0 Å². The van der Waals surface area contributed by atoms with Crippen molar-refractivity contribution in [3.8, 4) is 0 Å². The summed E-state index contributed by atoms with van der Waals surface area (Å²) in [5.74, 6) is -0.868. The number of Topliss-reactive ketones (excluding diaryl/α,β-unsaturated/α-hetero) is 1. The van der Waals surface area contributed by atoms with Crippen LogP contribution in [0.2, 0.25) is 0 Å². The van der Waals surface area contributed by atoms with Crippen LogP contribution < -0.4 is 0 Å². The lowest BCUT2D eigenvalue weighted by atomic mass is 9.92. The third-order valence-electron chi connectivity index (χ3n) is 2.86. The molecule has 19 heavy (non-hydrogen) atoms. The normalized spacial score (nSPS) is 15.6. The molecule has 0 saturated carbocycles. The number of carbonyl (C=O) groups is 1. The molecule has 4 nitrogen and oxygen atoms in total. The molecule has 0 atom stereocenters. The standard InChI is InChI=1S/C14H14O4S/c15-14(11-6-2-1-3-7-11)13-9-5-4-8-12(13)10-19(16,17)18/h1-3,6-9H,4-5,10H2,(H,16,17,18)/p-1. The van der Waals surface area contributed by atoms with E-state index >= 15 is 0 Å². The number of hydrogen-bond donors (Lipinski definition) is 0. The van der Waals surface area contributed by atoms with Crippen molar-refractivity contribution in [2.45, 2.75) is 12.8 Å². The van der Waals surface area contributed by atoms with E-state index in [1.165, 1.54) is 0 Å². The van der Waals surface area contributed by atoms with Gasteiger partial charge < -0.3 is 4.55 Å². The largest absolute Gasteiger partial charge is 0.748 e. The van der Waals surface area contributed by atoms with Gasteiger partial charge in [0.05, 0.1) is 15.9 Å². The molecule has 1 aliphatic rings. The molecule has 0 heterocycles. The molecule has 0 bridgehead atoms. The maximum Gasteiger partial charge on any atom is 0.192 e. The first-order valence-electron chi connectivity index (χ1n) is 5.90. The summed E-state index contributed by atoms with van der Waals surface area (Å²) in [6.07, 6.45) is 4.69. The van der Waals surface area contributed by atoms with Crippen molar-refractivity contribution in [2.75, 3.05) is 5.75 Å². The highest BCUT2D eigenvalue weighted by Gasteiger charge is 2.19. The first-order valence-corrected chi connectivity index (χ1v) is 7.48. The summed E-state index contributed by atoms with van der Waals surface area (Å²) in [6.45, 7) is 0. The van der Waals surface area contributed by atoms with Crippen LogP contribution in [0, 0.1) is 0 Å². The van der Waals surface area contributed by atoms with E-state index in [0.717, 1.165) is 0 Å². The maximum absolute atomic E-state index is 12.3. The van der Waals surface area contributed by atoms with E-state index < -0.39 is 15.9 Å². The number of rotatable bonds is 4. The van der Waals surface area contributed by atoms with E-state index in [1.807, 2.05) is 0 Å². The van der Waals surface area contributed by atoms with E-state index in [4.69, 9.17) is 0 Å². The van der Waals surface area contributed by atoms with Crippen molar-refractivity contribution in [3.63, 3.8) is 0 Å². The molecule has 1 aromatic rings. The summed E-state index contributed by atoms with van der Waals surface area (Å²) < 4.78 is 32.6. The first-order chi connectivity index (χ1) is 8.97. The van der Waals surface area contributed by atoms with Gasteiger partial charge in [-0.05, 0) is 18.4 Å². The average molecular weight is 277 g/mol. The SMILES string of the molecule is O=C(C1=CCCC=C1CS(=O)(=O)[O-])c1ccccc1. The summed E-state index contributed by atoms with van der Waals surface area (Å²) >= 11 is 0. The highest BCUT2D eigenvalue weighted by molar-refractivity contribution is 7.85. The first kappa shape index (κ1) is 13.7. The Morgan fingerprint density at radius 2 is 1.74 bits per heavy atom. The lowest BCUT2D eigenvalue weighted by Crippen LogP contribution is -2.15. The number of hydrogen-bond acceptors (Lipinski definition) is 4. The van der Waals surface area contributed by atoms with Gasteiger partial charge >= 0.3 is 0 Å². The number of benzene rings is 1. The van der Waals surface area contributed by atoms with Crippen molar-refractivity contribution in [1.82, 2.24) is 0 Å². The fourth-order valence-corrected chi connectivity index (χ4v) is 2.69. The quantitative estimate of drug-likeness (QED) is 0.623. The Labute approximate surface area is 112 Å². The average Bonchev–Trinajstić information content (AvgIpc) is 2.38. The van der Waals surface area contributed by atoms with Crippen molar-refractivity contribution >= 4 is 15.9 Å². The van der Waals surface area contributed by atoms with Gasteiger partial charge in [-0.25, -0.2) is 8.42 Å². The minimum absolute atomic E-state index is 0.241. The molecule has 0 aromatic heterocycles. The second-order valence-corrected chi connectivity index (χ2v) is 5.73. The van der Waals surface area contributed by atoms with Gasteiger partial charge in [-0.15, -0.1) is 0 Å². The Kier molecular flexibility index (Phi) is 3.97. The molecule has 5 heteroatoms. The van der Waals surface area contributed by atoms with Crippen molar-refractivity contribution in [3.05, 3.63) is 59.2 Å². The van der Waals surface area contributed by atoms with Crippen molar-refractivity contribution in [1.29, 1.82) is 0 Å². The third-order valence-corrected chi connectivity index (χ3v) is 3.53. The lowest BCUT2D eigenvalue weighted by Gasteiger charge is -2.17. The van der Waals surface area contributed by atoms with Crippen LogP contribution in [0.4, 0.5) is 0 Å². The second-order valence-electron chi connectivity index (χ2n) is 4.32. The van der Waals surface area contributed by atoms with Crippen molar-refractivity contribution < 1.29 is 17.8 Å². The summed E-state index contributed by atoms with van der Waals surface area (Å²) in [4.78, 5) is 12.3. The maximum atomic E-state index is 12.3. The van der Waals surface area contributed by atoms with E-state index in [0.29, 0.717) is 29.6 Å². The molecule has 0 saturated heterocycles.